The Morgan fingerprint density at radius 1 is 1.40 bits per heavy atom. The molecule has 1 rings (SSSR count). The number of rotatable bonds is 6. The van der Waals surface area contributed by atoms with Gasteiger partial charge in [-0.2, -0.15) is 5.10 Å². The van der Waals surface area contributed by atoms with Crippen LogP contribution in [-0.4, -0.2) is 27.9 Å². The van der Waals surface area contributed by atoms with Crippen LogP contribution in [0.3, 0.4) is 0 Å². The summed E-state index contributed by atoms with van der Waals surface area (Å²) in [5.74, 6) is 0.581. The van der Waals surface area contributed by atoms with Crippen LogP contribution >= 0.6 is 0 Å². The maximum atomic E-state index is 11.7. The van der Waals surface area contributed by atoms with Crippen molar-refractivity contribution < 1.29 is 9.53 Å². The Balaban J connectivity index is 2.56. The van der Waals surface area contributed by atoms with Gasteiger partial charge in [0.2, 0.25) is 0 Å². The highest BCUT2D eigenvalue weighted by Gasteiger charge is 2.18. The predicted molar refractivity (Wildman–Crippen MR) is 79.7 cm³/mol. The number of carbonyl (C=O) groups is 1. The topological polar surface area (TPSA) is 79.0 Å². The highest BCUT2D eigenvalue weighted by molar-refractivity contribution is 5.84. The van der Waals surface area contributed by atoms with E-state index in [0.717, 1.165) is 18.4 Å². The Bertz CT molecular complexity index is 419. The van der Waals surface area contributed by atoms with Gasteiger partial charge in [-0.3, -0.25) is 10.4 Å². The highest BCUT2D eigenvalue weighted by atomic mass is 16.6. The van der Waals surface area contributed by atoms with Gasteiger partial charge in [-0.15, -0.1) is 0 Å². The molecule has 1 aromatic heterocycles. The molecule has 0 saturated heterocycles. The van der Waals surface area contributed by atoms with Crippen molar-refractivity contribution in [1.82, 2.24) is 15.5 Å². The van der Waals surface area contributed by atoms with Crippen molar-refractivity contribution in [3.8, 4) is 0 Å². The van der Waals surface area contributed by atoms with E-state index in [2.05, 4.69) is 34.7 Å². The maximum absolute atomic E-state index is 11.7. The van der Waals surface area contributed by atoms with Crippen molar-refractivity contribution >= 4 is 11.9 Å². The second-order valence-corrected chi connectivity index (χ2v) is 5.79. The lowest BCUT2D eigenvalue weighted by molar-refractivity contribution is 0.0635. The molecule has 1 heterocycles. The average Bonchev–Trinajstić information content (AvgIpc) is 2.75. The van der Waals surface area contributed by atoms with Gasteiger partial charge in [-0.1, -0.05) is 13.8 Å². The lowest BCUT2D eigenvalue weighted by Gasteiger charge is -2.19. The zero-order chi connectivity index (χ0) is 15.2. The van der Waals surface area contributed by atoms with Crippen LogP contribution in [0.2, 0.25) is 0 Å². The number of H-pyrrole nitrogens is 1. The van der Waals surface area contributed by atoms with Crippen molar-refractivity contribution in [3.05, 3.63) is 11.8 Å². The largest absolute Gasteiger partial charge is 0.444 e. The van der Waals surface area contributed by atoms with E-state index in [0.29, 0.717) is 18.4 Å². The minimum absolute atomic E-state index is 0.472. The van der Waals surface area contributed by atoms with Gasteiger partial charge in [-0.25, -0.2) is 4.79 Å². The summed E-state index contributed by atoms with van der Waals surface area (Å²) in [7, 11) is 0. The van der Waals surface area contributed by atoms with Crippen molar-refractivity contribution in [2.75, 3.05) is 5.32 Å². The molecule has 1 amide bonds. The third kappa shape index (κ3) is 5.61. The number of aromatic nitrogens is 2. The molecule has 0 radical (unpaired) electrons. The normalized spacial score (nSPS) is 11.7. The summed E-state index contributed by atoms with van der Waals surface area (Å²) in [6, 6.07) is 0.472. The van der Waals surface area contributed by atoms with Crippen molar-refractivity contribution in [2.24, 2.45) is 0 Å². The summed E-state index contributed by atoms with van der Waals surface area (Å²) in [6.45, 7) is 10.4. The Hall–Kier alpha value is -1.56. The number of nitrogens with zero attached hydrogens (tertiary/aromatic N) is 1. The number of hydrogen-bond acceptors (Lipinski definition) is 4. The van der Waals surface area contributed by atoms with Crippen LogP contribution in [-0.2, 0) is 11.3 Å². The second kappa shape index (κ2) is 7.28. The Morgan fingerprint density at radius 2 is 2.05 bits per heavy atom. The maximum Gasteiger partial charge on any atom is 0.413 e. The van der Waals surface area contributed by atoms with Crippen molar-refractivity contribution in [3.63, 3.8) is 0 Å². The van der Waals surface area contributed by atoms with Crippen LogP contribution in [0.1, 0.15) is 53.0 Å². The molecule has 0 aromatic carbocycles. The Morgan fingerprint density at radius 3 is 2.60 bits per heavy atom. The molecule has 0 fully saturated rings. The fraction of sp³-hybridized carbons (Fsp3) is 0.714. The van der Waals surface area contributed by atoms with E-state index in [-0.39, 0.29) is 0 Å². The van der Waals surface area contributed by atoms with E-state index >= 15 is 0 Å². The molecule has 0 bridgehead atoms. The zero-order valence-electron chi connectivity index (χ0n) is 13.0. The third-order valence-electron chi connectivity index (χ3n) is 2.91. The SMILES string of the molecule is CCC(CC)NCc1cn[nH]c1NC(=O)OC(C)(C)C. The molecule has 0 aliphatic heterocycles. The Kier molecular flexibility index (Phi) is 6.01. The minimum atomic E-state index is -0.516. The summed E-state index contributed by atoms with van der Waals surface area (Å²) in [4.78, 5) is 11.7. The molecular weight excluding hydrogens is 256 g/mol. The molecule has 114 valence electrons. The van der Waals surface area contributed by atoms with Gasteiger partial charge in [0, 0.05) is 18.2 Å². The fourth-order valence-corrected chi connectivity index (χ4v) is 1.79. The molecule has 0 unspecified atom stereocenters. The van der Waals surface area contributed by atoms with Crippen LogP contribution in [0.5, 0.6) is 0 Å². The first-order valence-corrected chi connectivity index (χ1v) is 7.11. The molecule has 0 saturated carbocycles. The quantitative estimate of drug-likeness (QED) is 0.749. The fourth-order valence-electron chi connectivity index (χ4n) is 1.79. The van der Waals surface area contributed by atoms with E-state index < -0.39 is 11.7 Å². The predicted octanol–water partition coefficient (Wildman–Crippen LogP) is 3.03. The van der Waals surface area contributed by atoms with Gasteiger partial charge in [0.15, 0.2) is 0 Å². The number of ether oxygens (including phenoxy) is 1. The summed E-state index contributed by atoms with van der Waals surface area (Å²) in [5, 5.41) is 12.9. The molecule has 6 heteroatoms. The smallest absolute Gasteiger partial charge is 0.413 e. The van der Waals surface area contributed by atoms with E-state index in [1.54, 1.807) is 6.20 Å². The van der Waals surface area contributed by atoms with Gasteiger partial charge in [0.1, 0.15) is 11.4 Å². The average molecular weight is 282 g/mol. The van der Waals surface area contributed by atoms with E-state index in [1.807, 2.05) is 20.8 Å². The Labute approximate surface area is 120 Å². The second-order valence-electron chi connectivity index (χ2n) is 5.79. The number of anilines is 1. The monoisotopic (exact) mass is 282 g/mol. The van der Waals surface area contributed by atoms with Crippen LogP contribution < -0.4 is 10.6 Å². The third-order valence-corrected chi connectivity index (χ3v) is 2.91. The number of amides is 1. The molecule has 0 atom stereocenters. The van der Waals surface area contributed by atoms with E-state index in [4.69, 9.17) is 4.74 Å². The van der Waals surface area contributed by atoms with Gasteiger partial charge in [0.05, 0.1) is 6.20 Å². The van der Waals surface area contributed by atoms with Crippen LogP contribution in [0, 0.1) is 0 Å². The lowest BCUT2D eigenvalue weighted by Crippen LogP contribution is -2.29. The number of hydrogen-bond donors (Lipinski definition) is 3. The van der Waals surface area contributed by atoms with Crippen molar-refractivity contribution in [1.29, 1.82) is 0 Å². The summed E-state index contributed by atoms with van der Waals surface area (Å²) >= 11 is 0. The van der Waals surface area contributed by atoms with Gasteiger partial charge >= 0.3 is 6.09 Å². The van der Waals surface area contributed by atoms with E-state index in [1.165, 1.54) is 0 Å². The molecular formula is C14H26N4O2. The van der Waals surface area contributed by atoms with Gasteiger partial charge in [-0.05, 0) is 33.6 Å². The molecule has 1 aromatic rings. The number of nitrogens with one attached hydrogen (secondary N) is 3. The first-order valence-electron chi connectivity index (χ1n) is 7.11. The van der Waals surface area contributed by atoms with Crippen molar-refractivity contribution in [2.45, 2.75) is 65.6 Å². The highest BCUT2D eigenvalue weighted by Crippen LogP contribution is 2.14. The number of aromatic amines is 1. The van der Waals surface area contributed by atoms with Gasteiger partial charge in [0.25, 0.3) is 0 Å². The van der Waals surface area contributed by atoms with Crippen LogP contribution in [0.25, 0.3) is 0 Å². The standard InChI is InChI=1S/C14H26N4O2/c1-6-11(7-2)15-8-10-9-16-18-12(10)17-13(19)20-14(3,4)5/h9,11,15H,6-8H2,1-5H3,(H2,16,17,18,19). The molecule has 0 spiro atoms. The lowest BCUT2D eigenvalue weighted by atomic mass is 10.1. The molecule has 20 heavy (non-hydrogen) atoms. The summed E-state index contributed by atoms with van der Waals surface area (Å²) < 4.78 is 5.22. The molecule has 0 aliphatic rings. The zero-order valence-corrected chi connectivity index (χ0v) is 13.0. The first kappa shape index (κ1) is 16.5. The summed E-state index contributed by atoms with van der Waals surface area (Å²) in [6.07, 6.45) is 3.37. The summed E-state index contributed by atoms with van der Waals surface area (Å²) in [5.41, 5.74) is 0.403. The molecule has 6 nitrogen and oxygen atoms in total. The van der Waals surface area contributed by atoms with Crippen LogP contribution in [0.4, 0.5) is 10.6 Å². The first-order chi connectivity index (χ1) is 9.35. The molecule has 3 N–H and O–H groups in total. The molecule has 0 aliphatic carbocycles. The number of carbonyl (C=O) groups excluding carboxylic acids is 1. The van der Waals surface area contributed by atoms with Gasteiger partial charge < -0.3 is 10.1 Å². The van der Waals surface area contributed by atoms with E-state index in [9.17, 15) is 4.79 Å². The van der Waals surface area contributed by atoms with Crippen LogP contribution in [0.15, 0.2) is 6.20 Å². The minimum Gasteiger partial charge on any atom is -0.444 e.